The normalized spacial score (nSPS) is 14.0. The second kappa shape index (κ2) is 7.21. The van der Waals surface area contributed by atoms with E-state index in [1.807, 2.05) is 0 Å². The van der Waals surface area contributed by atoms with Crippen molar-refractivity contribution in [2.75, 3.05) is 13.2 Å². The van der Waals surface area contributed by atoms with Crippen molar-refractivity contribution in [3.8, 4) is 11.3 Å². The molecule has 1 aliphatic rings. The summed E-state index contributed by atoms with van der Waals surface area (Å²) in [6.07, 6.45) is 0. The maximum absolute atomic E-state index is 12.5. The van der Waals surface area contributed by atoms with Crippen LogP contribution in [0.25, 0.3) is 11.3 Å². The monoisotopic (exact) mass is 391 g/mol. The van der Waals surface area contributed by atoms with Gasteiger partial charge in [0.05, 0.1) is 36.5 Å². The second-order valence-electron chi connectivity index (χ2n) is 7.16. The van der Waals surface area contributed by atoms with E-state index >= 15 is 0 Å². The molecule has 3 amide bonds. The number of carbonyl (C=O) groups is 2. The minimum absolute atomic E-state index is 0.185. The zero-order valence-corrected chi connectivity index (χ0v) is 16.0. The molecule has 0 fully saturated rings. The van der Waals surface area contributed by atoms with Gasteiger partial charge >= 0.3 is 6.03 Å². The number of aliphatic hydroxyl groups excluding tert-OH is 1. The van der Waals surface area contributed by atoms with E-state index in [1.54, 1.807) is 47.7 Å². The van der Waals surface area contributed by atoms with Crippen molar-refractivity contribution in [3.63, 3.8) is 0 Å². The van der Waals surface area contributed by atoms with E-state index in [2.05, 4.69) is 10.4 Å². The van der Waals surface area contributed by atoms with Crippen LogP contribution in [-0.4, -0.2) is 50.4 Å². The maximum Gasteiger partial charge on any atom is 0.318 e. The Balaban J connectivity index is 1.94. The third-order valence-electron chi connectivity index (χ3n) is 4.45. The van der Waals surface area contributed by atoms with Crippen LogP contribution in [0.3, 0.4) is 0 Å². The van der Waals surface area contributed by atoms with Crippen molar-refractivity contribution in [1.82, 2.24) is 20.0 Å². The van der Waals surface area contributed by atoms with Crippen LogP contribution in [0, 0.1) is 0 Å². The number of urea groups is 1. The topological polar surface area (TPSA) is 113 Å². The molecular formula is C18H22ClN5O3. The number of rotatable bonds is 4. The van der Waals surface area contributed by atoms with Crippen LogP contribution in [0.4, 0.5) is 4.79 Å². The number of primary amides is 1. The Morgan fingerprint density at radius 2 is 2.11 bits per heavy atom. The minimum Gasteiger partial charge on any atom is -0.394 e. The molecule has 8 nitrogen and oxygen atoms in total. The molecule has 0 saturated heterocycles. The van der Waals surface area contributed by atoms with Gasteiger partial charge in [-0.25, -0.2) is 4.79 Å². The lowest BCUT2D eigenvalue weighted by Gasteiger charge is -2.32. The van der Waals surface area contributed by atoms with Crippen molar-refractivity contribution in [2.24, 2.45) is 5.73 Å². The number of hydrogen-bond acceptors (Lipinski definition) is 4. The van der Waals surface area contributed by atoms with Gasteiger partial charge in [0.25, 0.3) is 5.91 Å². The fraction of sp³-hybridized carbons (Fsp3) is 0.389. The molecule has 144 valence electrons. The number of aromatic nitrogens is 2. The predicted molar refractivity (Wildman–Crippen MR) is 101 cm³/mol. The quantitative estimate of drug-likeness (QED) is 0.734. The van der Waals surface area contributed by atoms with Gasteiger partial charge in [-0.1, -0.05) is 23.7 Å². The Morgan fingerprint density at radius 1 is 1.37 bits per heavy atom. The largest absolute Gasteiger partial charge is 0.394 e. The van der Waals surface area contributed by atoms with Crippen LogP contribution in [0.2, 0.25) is 5.02 Å². The number of hydrogen-bond donors (Lipinski definition) is 3. The highest BCUT2D eigenvalue weighted by Gasteiger charge is 2.31. The van der Waals surface area contributed by atoms with Gasteiger partial charge in [-0.05, 0) is 26.0 Å². The molecule has 0 bridgehead atoms. The highest BCUT2D eigenvalue weighted by Crippen LogP contribution is 2.29. The molecule has 0 spiro atoms. The molecule has 0 saturated carbocycles. The molecule has 0 unspecified atom stereocenters. The van der Waals surface area contributed by atoms with E-state index in [0.717, 1.165) is 0 Å². The number of carbonyl (C=O) groups excluding carboxylic acids is 2. The molecule has 1 aromatic heterocycles. The summed E-state index contributed by atoms with van der Waals surface area (Å²) in [7, 11) is 0. The maximum atomic E-state index is 12.5. The number of nitrogens with two attached hydrogens (primary N) is 1. The van der Waals surface area contributed by atoms with Crippen molar-refractivity contribution in [2.45, 2.75) is 32.5 Å². The van der Waals surface area contributed by atoms with Crippen molar-refractivity contribution < 1.29 is 14.7 Å². The summed E-state index contributed by atoms with van der Waals surface area (Å²) in [5, 5.41) is 17.2. The number of nitrogens with one attached hydrogen (secondary N) is 1. The average molecular weight is 392 g/mol. The molecule has 0 radical (unpaired) electrons. The molecule has 9 heteroatoms. The van der Waals surface area contributed by atoms with Gasteiger partial charge in [-0.15, -0.1) is 0 Å². The summed E-state index contributed by atoms with van der Waals surface area (Å²) >= 11 is 6.06. The summed E-state index contributed by atoms with van der Waals surface area (Å²) in [5.74, 6) is -0.607. The standard InChI is InChI=1S/C18H22ClN5O3/c1-18(2,10-25)21-17(27)23-6-7-24-13(9-23)14(16(20)26)15(22-24)11-4-3-5-12(19)8-11/h3-5,8,25H,6-7,9-10H2,1-2H3,(H2,20,26)(H,21,27). The Kier molecular flexibility index (Phi) is 5.12. The van der Waals surface area contributed by atoms with Crippen LogP contribution in [0.1, 0.15) is 29.9 Å². The number of fused-ring (bicyclic) bond motifs is 1. The summed E-state index contributed by atoms with van der Waals surface area (Å²) in [5.41, 5.74) is 6.90. The fourth-order valence-electron chi connectivity index (χ4n) is 3.00. The van der Waals surface area contributed by atoms with Gasteiger partial charge in [0.15, 0.2) is 0 Å². The number of aliphatic hydroxyl groups is 1. The first-order chi connectivity index (χ1) is 12.7. The van der Waals surface area contributed by atoms with Crippen molar-refractivity contribution in [3.05, 3.63) is 40.5 Å². The number of nitrogens with zero attached hydrogens (tertiary/aromatic N) is 3. The first kappa shape index (κ1) is 19.2. The zero-order chi connectivity index (χ0) is 19.8. The predicted octanol–water partition coefficient (Wildman–Crippen LogP) is 1.60. The van der Waals surface area contributed by atoms with Gasteiger partial charge < -0.3 is 21.1 Å². The fourth-order valence-corrected chi connectivity index (χ4v) is 3.19. The van der Waals surface area contributed by atoms with E-state index in [9.17, 15) is 14.7 Å². The smallest absolute Gasteiger partial charge is 0.318 e. The lowest BCUT2D eigenvalue weighted by atomic mass is 10.0. The van der Waals surface area contributed by atoms with Gasteiger partial charge in [-0.2, -0.15) is 5.10 Å². The molecular weight excluding hydrogens is 370 g/mol. The summed E-state index contributed by atoms with van der Waals surface area (Å²) in [6.45, 7) is 4.32. The molecule has 0 aliphatic carbocycles. The summed E-state index contributed by atoms with van der Waals surface area (Å²) in [6, 6.07) is 6.72. The molecule has 0 atom stereocenters. The van der Waals surface area contributed by atoms with E-state index in [4.69, 9.17) is 17.3 Å². The molecule has 2 heterocycles. The van der Waals surface area contributed by atoms with E-state index in [1.165, 1.54) is 0 Å². The third-order valence-corrected chi connectivity index (χ3v) is 4.69. The molecule has 2 aromatic rings. The molecule has 3 rings (SSSR count). The van der Waals surface area contributed by atoms with E-state index in [-0.39, 0.29) is 24.7 Å². The average Bonchev–Trinajstić information content (AvgIpc) is 3.00. The number of amides is 3. The lowest BCUT2D eigenvalue weighted by Crippen LogP contribution is -2.53. The van der Waals surface area contributed by atoms with Crippen molar-refractivity contribution >= 4 is 23.5 Å². The minimum atomic E-state index is -0.743. The summed E-state index contributed by atoms with van der Waals surface area (Å²) in [4.78, 5) is 26.2. The highest BCUT2D eigenvalue weighted by atomic mass is 35.5. The molecule has 1 aromatic carbocycles. The Morgan fingerprint density at radius 3 is 2.74 bits per heavy atom. The van der Waals surface area contributed by atoms with E-state index in [0.29, 0.717) is 35.1 Å². The highest BCUT2D eigenvalue weighted by molar-refractivity contribution is 6.30. The van der Waals surface area contributed by atoms with Gasteiger partial charge in [0.2, 0.25) is 0 Å². The zero-order valence-electron chi connectivity index (χ0n) is 15.2. The molecule has 1 aliphatic heterocycles. The second-order valence-corrected chi connectivity index (χ2v) is 7.60. The van der Waals surface area contributed by atoms with Crippen LogP contribution in [0.5, 0.6) is 0 Å². The lowest BCUT2D eigenvalue weighted by molar-refractivity contribution is 0.0996. The van der Waals surface area contributed by atoms with Crippen LogP contribution < -0.4 is 11.1 Å². The molecule has 4 N–H and O–H groups in total. The first-order valence-electron chi connectivity index (χ1n) is 8.55. The van der Waals surface area contributed by atoms with Gasteiger partial charge in [0, 0.05) is 17.1 Å². The first-order valence-corrected chi connectivity index (χ1v) is 8.93. The Labute approximate surface area is 161 Å². The summed E-state index contributed by atoms with van der Waals surface area (Å²) < 4.78 is 1.71. The van der Waals surface area contributed by atoms with Crippen LogP contribution in [0.15, 0.2) is 24.3 Å². The SMILES string of the molecule is CC(C)(CO)NC(=O)N1CCn2nc(-c3cccc(Cl)c3)c(C(N)=O)c2C1. The molecule has 27 heavy (non-hydrogen) atoms. The number of halogens is 1. The third kappa shape index (κ3) is 3.91. The Hall–Kier alpha value is -2.58. The van der Waals surface area contributed by atoms with Crippen LogP contribution in [-0.2, 0) is 13.1 Å². The van der Waals surface area contributed by atoms with Gasteiger partial charge in [0.1, 0.15) is 5.69 Å². The van der Waals surface area contributed by atoms with Crippen molar-refractivity contribution in [1.29, 1.82) is 0 Å². The van der Waals surface area contributed by atoms with Gasteiger partial charge in [-0.3, -0.25) is 9.48 Å². The number of benzene rings is 1. The van der Waals surface area contributed by atoms with E-state index < -0.39 is 11.4 Å². The van der Waals surface area contributed by atoms with Crippen LogP contribution >= 0.6 is 11.6 Å². The Bertz CT molecular complexity index is 893.